The molecule has 2 rings (SSSR count). The Labute approximate surface area is 162 Å². The SMILES string of the molecule is C=C(F)C(=O)N1CCC[C@]1(C)COC(=O)N[C@H](CB(O)O)c1ccc(F)cc1. The molecule has 0 spiro atoms. The summed E-state index contributed by atoms with van der Waals surface area (Å²) in [4.78, 5) is 25.4. The molecule has 1 heterocycles. The van der Waals surface area contributed by atoms with Crippen molar-refractivity contribution in [3.8, 4) is 0 Å². The number of hydrogen-bond acceptors (Lipinski definition) is 5. The number of nitrogens with zero attached hydrogens (tertiary/aromatic N) is 1. The largest absolute Gasteiger partial charge is 0.453 e. The molecule has 1 fully saturated rings. The van der Waals surface area contributed by atoms with Crippen LogP contribution in [-0.4, -0.2) is 52.8 Å². The molecule has 0 bridgehead atoms. The smallest absolute Gasteiger partial charge is 0.447 e. The zero-order valence-electron chi connectivity index (χ0n) is 15.5. The second kappa shape index (κ2) is 9.16. The van der Waals surface area contributed by atoms with Gasteiger partial charge in [0.05, 0.1) is 11.6 Å². The standard InChI is InChI=1S/C18H23BF2N2O5/c1-12(20)16(24)23-9-3-8-18(23,2)11-28-17(25)22-15(10-19(26)27)13-4-6-14(21)7-5-13/h4-7,15,26-27H,1,3,8-11H2,2H3,(H,22,25)/t15-,18-/m1/s1. The maximum Gasteiger partial charge on any atom is 0.453 e. The summed E-state index contributed by atoms with van der Waals surface area (Å²) in [6, 6.07) is 4.37. The highest BCUT2D eigenvalue weighted by molar-refractivity contribution is 6.41. The minimum absolute atomic E-state index is 0.171. The van der Waals surface area contributed by atoms with Gasteiger partial charge in [0.25, 0.3) is 5.91 Å². The minimum atomic E-state index is -1.70. The van der Waals surface area contributed by atoms with Gasteiger partial charge in [0.15, 0.2) is 5.83 Å². The molecule has 28 heavy (non-hydrogen) atoms. The first-order chi connectivity index (χ1) is 13.1. The predicted octanol–water partition coefficient (Wildman–Crippen LogP) is 1.93. The van der Waals surface area contributed by atoms with E-state index in [9.17, 15) is 28.4 Å². The third-order valence-electron chi connectivity index (χ3n) is 4.75. The molecule has 7 nitrogen and oxygen atoms in total. The number of nitrogens with one attached hydrogen (secondary N) is 1. The predicted molar refractivity (Wildman–Crippen MR) is 98.2 cm³/mol. The van der Waals surface area contributed by atoms with Crippen LogP contribution in [0.1, 0.15) is 31.4 Å². The highest BCUT2D eigenvalue weighted by Crippen LogP contribution is 2.31. The Morgan fingerprint density at radius 1 is 1.39 bits per heavy atom. The molecular formula is C18H23BF2N2O5. The Morgan fingerprint density at radius 3 is 2.61 bits per heavy atom. The van der Waals surface area contributed by atoms with Crippen molar-refractivity contribution in [2.75, 3.05) is 13.2 Å². The zero-order chi connectivity index (χ0) is 20.9. The molecule has 0 radical (unpaired) electrons. The summed E-state index contributed by atoms with van der Waals surface area (Å²) in [5.41, 5.74) is -0.408. The van der Waals surface area contributed by atoms with Crippen molar-refractivity contribution in [3.05, 3.63) is 48.1 Å². The van der Waals surface area contributed by atoms with Gasteiger partial charge in [-0.2, -0.15) is 0 Å². The minimum Gasteiger partial charge on any atom is -0.447 e. The lowest BCUT2D eigenvalue weighted by Crippen LogP contribution is -2.49. The second-order valence-electron chi connectivity index (χ2n) is 7.00. The maximum atomic E-state index is 13.2. The van der Waals surface area contributed by atoms with Crippen molar-refractivity contribution in [1.29, 1.82) is 0 Å². The number of rotatable bonds is 7. The molecule has 1 saturated heterocycles. The Balaban J connectivity index is 2.01. The molecule has 0 unspecified atom stereocenters. The van der Waals surface area contributed by atoms with Crippen LogP contribution in [0.5, 0.6) is 0 Å². The lowest BCUT2D eigenvalue weighted by molar-refractivity contribution is -0.133. The number of likely N-dealkylation sites (tertiary alicyclic amines) is 1. The van der Waals surface area contributed by atoms with E-state index < -0.39 is 42.3 Å². The molecular weight excluding hydrogens is 373 g/mol. The summed E-state index contributed by atoms with van der Waals surface area (Å²) in [5.74, 6) is -2.38. The van der Waals surface area contributed by atoms with Gasteiger partial charge >= 0.3 is 13.2 Å². The Hall–Kier alpha value is -2.46. The summed E-state index contributed by atoms with van der Waals surface area (Å²) in [7, 11) is -1.70. The van der Waals surface area contributed by atoms with E-state index in [1.54, 1.807) is 6.92 Å². The number of halogens is 2. The summed E-state index contributed by atoms with van der Waals surface area (Å²) < 4.78 is 31.5. The molecule has 152 valence electrons. The van der Waals surface area contributed by atoms with E-state index in [1.165, 1.54) is 29.2 Å². The average Bonchev–Trinajstić information content (AvgIpc) is 3.01. The van der Waals surface area contributed by atoms with Gasteiger partial charge in [-0.25, -0.2) is 13.6 Å². The third-order valence-corrected chi connectivity index (χ3v) is 4.75. The van der Waals surface area contributed by atoms with Crippen molar-refractivity contribution >= 4 is 19.1 Å². The molecule has 1 aliphatic heterocycles. The van der Waals surface area contributed by atoms with E-state index in [0.717, 1.165) is 0 Å². The van der Waals surface area contributed by atoms with Gasteiger partial charge in [0.2, 0.25) is 0 Å². The first-order valence-corrected chi connectivity index (χ1v) is 8.83. The van der Waals surface area contributed by atoms with Gasteiger partial charge in [0.1, 0.15) is 12.4 Å². The zero-order valence-corrected chi connectivity index (χ0v) is 15.5. The summed E-state index contributed by atoms with van der Waals surface area (Å²) >= 11 is 0. The van der Waals surface area contributed by atoms with Gasteiger partial charge < -0.3 is 25.0 Å². The summed E-state index contributed by atoms with van der Waals surface area (Å²) in [5, 5.41) is 21.0. The lowest BCUT2D eigenvalue weighted by Gasteiger charge is -2.34. The van der Waals surface area contributed by atoms with Gasteiger partial charge in [-0.05, 0) is 37.5 Å². The van der Waals surface area contributed by atoms with Crippen molar-refractivity contribution < 1.29 is 33.2 Å². The fraction of sp³-hybridized carbons (Fsp3) is 0.444. The van der Waals surface area contributed by atoms with E-state index in [2.05, 4.69) is 11.9 Å². The molecule has 0 saturated carbocycles. The molecule has 10 heteroatoms. The highest BCUT2D eigenvalue weighted by Gasteiger charge is 2.41. The number of hydrogen-bond donors (Lipinski definition) is 3. The van der Waals surface area contributed by atoms with E-state index in [-0.39, 0.29) is 12.9 Å². The summed E-state index contributed by atoms with van der Waals surface area (Å²) in [6.45, 7) is 4.86. The maximum absolute atomic E-state index is 13.2. The highest BCUT2D eigenvalue weighted by atomic mass is 19.1. The fourth-order valence-corrected chi connectivity index (χ4v) is 3.26. The molecule has 3 N–H and O–H groups in total. The van der Waals surface area contributed by atoms with Crippen LogP contribution in [-0.2, 0) is 9.53 Å². The number of carbonyl (C=O) groups excluding carboxylic acids is 2. The van der Waals surface area contributed by atoms with Crippen molar-refractivity contribution in [3.63, 3.8) is 0 Å². The number of benzene rings is 1. The van der Waals surface area contributed by atoms with Gasteiger partial charge in [-0.15, -0.1) is 0 Å². The monoisotopic (exact) mass is 396 g/mol. The van der Waals surface area contributed by atoms with Gasteiger partial charge in [-0.1, -0.05) is 18.7 Å². The number of amides is 2. The third kappa shape index (κ3) is 5.52. The Kier molecular flexibility index (Phi) is 7.14. The fourth-order valence-electron chi connectivity index (χ4n) is 3.26. The Morgan fingerprint density at radius 2 is 2.04 bits per heavy atom. The van der Waals surface area contributed by atoms with E-state index in [0.29, 0.717) is 24.9 Å². The van der Waals surface area contributed by atoms with Crippen LogP contribution in [0.15, 0.2) is 36.7 Å². The van der Waals surface area contributed by atoms with Gasteiger partial charge in [0, 0.05) is 12.9 Å². The van der Waals surface area contributed by atoms with Crippen LogP contribution < -0.4 is 5.32 Å². The Bertz CT molecular complexity index is 731. The first-order valence-electron chi connectivity index (χ1n) is 8.83. The van der Waals surface area contributed by atoms with Gasteiger partial charge in [-0.3, -0.25) is 4.79 Å². The van der Waals surface area contributed by atoms with Crippen LogP contribution >= 0.6 is 0 Å². The molecule has 2 amide bonds. The topological polar surface area (TPSA) is 99.1 Å². The number of ether oxygens (including phenoxy) is 1. The van der Waals surface area contributed by atoms with Crippen molar-refractivity contribution in [2.24, 2.45) is 0 Å². The van der Waals surface area contributed by atoms with Crippen molar-refractivity contribution in [1.82, 2.24) is 10.2 Å². The lowest BCUT2D eigenvalue weighted by atomic mass is 9.79. The van der Waals surface area contributed by atoms with Crippen LogP contribution in [0.2, 0.25) is 6.32 Å². The molecule has 0 aromatic heterocycles. The van der Waals surface area contributed by atoms with Crippen LogP contribution in [0.3, 0.4) is 0 Å². The van der Waals surface area contributed by atoms with Crippen molar-refractivity contribution in [2.45, 2.75) is 37.7 Å². The number of carbonyl (C=O) groups is 2. The molecule has 0 aliphatic carbocycles. The normalized spacial score (nSPS) is 19.8. The first kappa shape index (κ1) is 21.8. The quantitative estimate of drug-likeness (QED) is 0.483. The molecule has 1 aromatic rings. The van der Waals surface area contributed by atoms with Crippen LogP contribution in [0, 0.1) is 5.82 Å². The molecule has 1 aliphatic rings. The van der Waals surface area contributed by atoms with Crippen LogP contribution in [0.4, 0.5) is 13.6 Å². The van der Waals surface area contributed by atoms with E-state index >= 15 is 0 Å². The van der Waals surface area contributed by atoms with E-state index in [4.69, 9.17) is 4.74 Å². The summed E-state index contributed by atoms with van der Waals surface area (Å²) in [6.07, 6.45) is 0.0741. The number of alkyl carbamates (subject to hydrolysis) is 1. The second-order valence-corrected chi connectivity index (χ2v) is 7.00. The molecule has 1 aromatic carbocycles. The average molecular weight is 396 g/mol. The van der Waals surface area contributed by atoms with Crippen LogP contribution in [0.25, 0.3) is 0 Å². The van der Waals surface area contributed by atoms with E-state index in [1.807, 2.05) is 0 Å². The molecule has 2 atom stereocenters.